The molecule has 3 rings (SSSR count). The molecule has 120 valence electrons. The first-order valence-electron chi connectivity index (χ1n) is 7.12. The molecule has 0 aliphatic heterocycles. The first-order chi connectivity index (χ1) is 11.6. The van der Waals surface area contributed by atoms with E-state index in [-0.39, 0.29) is 5.69 Å². The van der Waals surface area contributed by atoms with E-state index in [1.807, 2.05) is 48.0 Å². The van der Waals surface area contributed by atoms with Crippen molar-refractivity contribution in [3.05, 3.63) is 53.0 Å². The van der Waals surface area contributed by atoms with Gasteiger partial charge in [0.15, 0.2) is 0 Å². The van der Waals surface area contributed by atoms with Gasteiger partial charge in [0, 0.05) is 17.5 Å². The Labute approximate surface area is 148 Å². The van der Waals surface area contributed by atoms with E-state index in [1.165, 1.54) is 11.8 Å². The summed E-state index contributed by atoms with van der Waals surface area (Å²) < 4.78 is 1.58. The standard InChI is InChI=1S/C18H14N2O2S2/c1-20-16(18(21)22)15(13(10-19)17(20)23-2)12-7-5-11(6-8-12)14-4-3-9-24-14/h3-9H,1-2H3,(H,21,22). The second-order valence-electron chi connectivity index (χ2n) is 5.14. The van der Waals surface area contributed by atoms with Crippen LogP contribution >= 0.6 is 23.1 Å². The Morgan fingerprint density at radius 2 is 1.92 bits per heavy atom. The fraction of sp³-hybridized carbons (Fsp3) is 0.111. The summed E-state index contributed by atoms with van der Waals surface area (Å²) >= 11 is 3.02. The highest BCUT2D eigenvalue weighted by Gasteiger charge is 2.26. The molecule has 0 aliphatic carbocycles. The van der Waals surface area contributed by atoms with Gasteiger partial charge in [0.05, 0.1) is 10.6 Å². The molecule has 0 saturated carbocycles. The number of nitrogens with zero attached hydrogens (tertiary/aromatic N) is 2. The highest BCUT2D eigenvalue weighted by Crippen LogP contribution is 2.37. The van der Waals surface area contributed by atoms with Crippen molar-refractivity contribution in [2.45, 2.75) is 5.03 Å². The van der Waals surface area contributed by atoms with Crippen molar-refractivity contribution in [1.29, 1.82) is 5.26 Å². The van der Waals surface area contributed by atoms with Crippen LogP contribution in [0.3, 0.4) is 0 Å². The van der Waals surface area contributed by atoms with Crippen LogP contribution in [0.25, 0.3) is 21.6 Å². The minimum absolute atomic E-state index is 0.139. The fourth-order valence-corrected chi connectivity index (χ4v) is 4.23. The molecule has 0 bridgehead atoms. The quantitative estimate of drug-likeness (QED) is 0.689. The largest absolute Gasteiger partial charge is 0.477 e. The topological polar surface area (TPSA) is 66.0 Å². The van der Waals surface area contributed by atoms with E-state index in [0.717, 1.165) is 16.0 Å². The number of benzene rings is 1. The number of carbonyl (C=O) groups is 1. The van der Waals surface area contributed by atoms with Gasteiger partial charge in [-0.1, -0.05) is 30.3 Å². The molecule has 0 radical (unpaired) electrons. The molecule has 0 spiro atoms. The van der Waals surface area contributed by atoms with Crippen LogP contribution < -0.4 is 0 Å². The third-order valence-electron chi connectivity index (χ3n) is 3.83. The molecule has 3 aromatic rings. The molecule has 0 saturated heterocycles. The van der Waals surface area contributed by atoms with Crippen molar-refractivity contribution in [1.82, 2.24) is 4.57 Å². The molecule has 0 atom stereocenters. The van der Waals surface area contributed by atoms with Crippen LogP contribution in [0.1, 0.15) is 16.1 Å². The number of carboxylic acids is 1. The van der Waals surface area contributed by atoms with Gasteiger partial charge in [-0.05, 0) is 28.8 Å². The van der Waals surface area contributed by atoms with Crippen molar-refractivity contribution in [2.75, 3.05) is 6.26 Å². The normalized spacial score (nSPS) is 10.5. The number of thioether (sulfide) groups is 1. The van der Waals surface area contributed by atoms with Gasteiger partial charge in [-0.25, -0.2) is 4.79 Å². The summed E-state index contributed by atoms with van der Waals surface area (Å²) in [6, 6.07) is 13.9. The molecule has 2 heterocycles. The van der Waals surface area contributed by atoms with Crippen LogP contribution in [0.5, 0.6) is 0 Å². The van der Waals surface area contributed by atoms with Crippen molar-refractivity contribution in [3.63, 3.8) is 0 Å². The summed E-state index contributed by atoms with van der Waals surface area (Å²) in [7, 11) is 1.68. The summed E-state index contributed by atoms with van der Waals surface area (Å²) in [5, 5.41) is 21.8. The molecule has 4 nitrogen and oxygen atoms in total. The highest BCUT2D eigenvalue weighted by molar-refractivity contribution is 7.98. The summed E-state index contributed by atoms with van der Waals surface area (Å²) in [4.78, 5) is 12.9. The molecule has 0 unspecified atom stereocenters. The molecule has 0 amide bonds. The number of aromatic carboxylic acids is 1. The first kappa shape index (κ1) is 16.4. The number of thiophene rings is 1. The molecule has 0 aliphatic rings. The molecule has 0 fully saturated rings. The second-order valence-corrected chi connectivity index (χ2v) is 6.88. The Morgan fingerprint density at radius 3 is 2.42 bits per heavy atom. The predicted octanol–water partition coefficient (Wildman–Crippen LogP) is 4.71. The molecule has 6 heteroatoms. The number of rotatable bonds is 4. The lowest BCUT2D eigenvalue weighted by molar-refractivity contribution is 0.0686. The van der Waals surface area contributed by atoms with Gasteiger partial charge < -0.3 is 9.67 Å². The van der Waals surface area contributed by atoms with Crippen molar-refractivity contribution >= 4 is 29.1 Å². The Balaban J connectivity index is 2.19. The van der Waals surface area contributed by atoms with Gasteiger partial charge in [0.25, 0.3) is 0 Å². The Kier molecular flexibility index (Phi) is 4.47. The van der Waals surface area contributed by atoms with Crippen LogP contribution in [-0.4, -0.2) is 21.9 Å². The number of hydrogen-bond acceptors (Lipinski definition) is 4. The van der Waals surface area contributed by atoms with Gasteiger partial charge in [-0.15, -0.1) is 23.1 Å². The summed E-state index contributed by atoms with van der Waals surface area (Å²) in [6.45, 7) is 0. The van der Waals surface area contributed by atoms with Gasteiger partial charge in [0.2, 0.25) is 0 Å². The minimum atomic E-state index is -1.04. The fourth-order valence-electron chi connectivity index (χ4n) is 2.78. The average Bonchev–Trinajstić information content (AvgIpc) is 3.20. The maximum Gasteiger partial charge on any atom is 0.353 e. The molecule has 24 heavy (non-hydrogen) atoms. The first-order valence-corrected chi connectivity index (χ1v) is 9.23. The molecule has 1 aromatic carbocycles. The van der Waals surface area contributed by atoms with E-state index < -0.39 is 5.97 Å². The van der Waals surface area contributed by atoms with Crippen LogP contribution in [-0.2, 0) is 7.05 Å². The zero-order valence-corrected chi connectivity index (χ0v) is 14.7. The number of hydrogen-bond donors (Lipinski definition) is 1. The number of nitriles is 1. The number of aromatic nitrogens is 1. The minimum Gasteiger partial charge on any atom is -0.477 e. The zero-order valence-electron chi connectivity index (χ0n) is 13.1. The van der Waals surface area contributed by atoms with Crippen LogP contribution in [0.2, 0.25) is 0 Å². The van der Waals surface area contributed by atoms with Crippen LogP contribution in [0.4, 0.5) is 0 Å². The third kappa shape index (κ3) is 2.62. The van der Waals surface area contributed by atoms with Gasteiger partial charge in [0.1, 0.15) is 11.8 Å². The van der Waals surface area contributed by atoms with Crippen molar-refractivity contribution < 1.29 is 9.90 Å². The van der Waals surface area contributed by atoms with Crippen LogP contribution in [0.15, 0.2) is 46.8 Å². The van der Waals surface area contributed by atoms with Crippen molar-refractivity contribution in [2.24, 2.45) is 7.05 Å². The third-order valence-corrected chi connectivity index (χ3v) is 5.61. The zero-order chi connectivity index (χ0) is 17.3. The van der Waals surface area contributed by atoms with E-state index in [2.05, 4.69) is 6.07 Å². The van der Waals surface area contributed by atoms with Gasteiger partial charge in [-0.2, -0.15) is 5.26 Å². The van der Waals surface area contributed by atoms with E-state index in [1.54, 1.807) is 23.0 Å². The molecular formula is C18H14N2O2S2. The second kappa shape index (κ2) is 6.56. The average molecular weight is 354 g/mol. The van der Waals surface area contributed by atoms with Crippen LogP contribution in [0, 0.1) is 11.3 Å². The maximum absolute atomic E-state index is 11.7. The Hall–Kier alpha value is -2.49. The molecule has 2 aromatic heterocycles. The molecule has 1 N–H and O–H groups in total. The van der Waals surface area contributed by atoms with E-state index in [4.69, 9.17) is 0 Å². The van der Waals surface area contributed by atoms with Gasteiger partial charge >= 0.3 is 5.97 Å². The maximum atomic E-state index is 11.7. The van der Waals surface area contributed by atoms with E-state index in [0.29, 0.717) is 16.2 Å². The summed E-state index contributed by atoms with van der Waals surface area (Å²) in [5.41, 5.74) is 2.84. The lowest BCUT2D eigenvalue weighted by Crippen LogP contribution is -2.06. The molecular weight excluding hydrogens is 340 g/mol. The van der Waals surface area contributed by atoms with E-state index >= 15 is 0 Å². The lowest BCUT2D eigenvalue weighted by Gasteiger charge is -2.05. The Morgan fingerprint density at radius 1 is 1.25 bits per heavy atom. The summed E-state index contributed by atoms with van der Waals surface area (Å²) in [5.74, 6) is -1.04. The monoisotopic (exact) mass is 354 g/mol. The summed E-state index contributed by atoms with van der Waals surface area (Å²) in [6.07, 6.45) is 1.84. The smallest absolute Gasteiger partial charge is 0.353 e. The highest BCUT2D eigenvalue weighted by atomic mass is 32.2. The van der Waals surface area contributed by atoms with Gasteiger partial charge in [-0.3, -0.25) is 0 Å². The lowest BCUT2D eigenvalue weighted by atomic mass is 10.00. The predicted molar refractivity (Wildman–Crippen MR) is 97.6 cm³/mol. The Bertz CT molecular complexity index is 933. The van der Waals surface area contributed by atoms with Crippen molar-refractivity contribution in [3.8, 4) is 27.6 Å². The van der Waals surface area contributed by atoms with E-state index in [9.17, 15) is 15.2 Å². The number of carboxylic acid groups (broad SMARTS) is 1. The SMILES string of the molecule is CSc1c(C#N)c(-c2ccc(-c3cccs3)cc2)c(C(=O)O)n1C.